The van der Waals surface area contributed by atoms with Gasteiger partial charge in [0.05, 0.1) is 6.54 Å². The van der Waals surface area contributed by atoms with Gasteiger partial charge in [0, 0.05) is 5.92 Å². The third kappa shape index (κ3) is 2.15. The summed E-state index contributed by atoms with van der Waals surface area (Å²) in [5.74, 6) is 6.11. The van der Waals surface area contributed by atoms with Crippen molar-refractivity contribution in [3.8, 4) is 11.8 Å². The minimum absolute atomic E-state index is 0.208. The number of nitrogens with one attached hydrogen (secondary N) is 2. The van der Waals surface area contributed by atoms with Gasteiger partial charge in [-0.1, -0.05) is 5.92 Å². The molecule has 2 N–H and O–H groups in total. The predicted octanol–water partition coefficient (Wildman–Crippen LogP) is 0.516. The van der Waals surface area contributed by atoms with Gasteiger partial charge in [-0.15, -0.1) is 5.92 Å². The molecule has 0 bridgehead atoms. The second-order valence-corrected chi connectivity index (χ2v) is 4.51. The predicted molar refractivity (Wildman–Crippen MR) is 59.1 cm³/mol. The molecule has 2 fully saturated rings. The van der Waals surface area contributed by atoms with Gasteiger partial charge >= 0.3 is 0 Å². The zero-order valence-corrected chi connectivity index (χ0v) is 9.23. The molecule has 1 atom stereocenters. The number of carbonyl (C=O) groups excluding carboxylic acids is 1. The quantitative estimate of drug-likeness (QED) is 0.647. The molecule has 1 unspecified atom stereocenters. The van der Waals surface area contributed by atoms with Crippen LogP contribution in [0.3, 0.4) is 0 Å². The maximum Gasteiger partial charge on any atom is 0.224 e. The fourth-order valence-corrected chi connectivity index (χ4v) is 2.54. The Bertz CT molecular complexity index is 307. The van der Waals surface area contributed by atoms with Crippen LogP contribution in [-0.4, -0.2) is 25.5 Å². The molecule has 1 amide bonds. The van der Waals surface area contributed by atoms with E-state index in [2.05, 4.69) is 22.5 Å². The molecule has 3 heteroatoms. The Morgan fingerprint density at radius 3 is 2.93 bits per heavy atom. The van der Waals surface area contributed by atoms with E-state index in [1.807, 2.05) is 0 Å². The van der Waals surface area contributed by atoms with E-state index in [1.165, 1.54) is 0 Å². The second kappa shape index (κ2) is 4.24. The lowest BCUT2D eigenvalue weighted by Gasteiger charge is -2.23. The molecule has 1 aliphatic heterocycles. The summed E-state index contributed by atoms with van der Waals surface area (Å²) in [5.41, 5.74) is 0.342. The van der Waals surface area contributed by atoms with E-state index in [-0.39, 0.29) is 11.8 Å². The molecule has 1 saturated carbocycles. The van der Waals surface area contributed by atoms with Gasteiger partial charge in [-0.05, 0) is 44.7 Å². The first-order valence-corrected chi connectivity index (χ1v) is 5.66. The van der Waals surface area contributed by atoms with E-state index in [0.29, 0.717) is 12.0 Å². The Morgan fingerprint density at radius 2 is 2.27 bits per heavy atom. The highest BCUT2D eigenvalue weighted by Gasteiger charge is 2.57. The first kappa shape index (κ1) is 10.5. The Hall–Kier alpha value is -1.01. The Morgan fingerprint density at radius 1 is 1.53 bits per heavy atom. The van der Waals surface area contributed by atoms with Gasteiger partial charge in [0.1, 0.15) is 0 Å². The minimum atomic E-state index is 0.208. The summed E-state index contributed by atoms with van der Waals surface area (Å²) in [6.07, 6.45) is 3.40. The van der Waals surface area contributed by atoms with E-state index in [9.17, 15) is 4.79 Å². The van der Waals surface area contributed by atoms with Crippen molar-refractivity contribution in [3.05, 3.63) is 0 Å². The lowest BCUT2D eigenvalue weighted by molar-refractivity contribution is -0.123. The van der Waals surface area contributed by atoms with Crippen molar-refractivity contribution in [2.24, 2.45) is 11.3 Å². The number of hydrogen-bond donors (Lipinski definition) is 2. The zero-order chi connectivity index (χ0) is 10.7. The second-order valence-electron chi connectivity index (χ2n) is 4.51. The molecule has 1 spiro atoms. The summed E-state index contributed by atoms with van der Waals surface area (Å²) < 4.78 is 0. The smallest absolute Gasteiger partial charge is 0.224 e. The first-order chi connectivity index (χ1) is 7.28. The summed E-state index contributed by atoms with van der Waals surface area (Å²) in [5, 5.41) is 6.22. The fraction of sp³-hybridized carbons (Fsp3) is 0.750. The van der Waals surface area contributed by atoms with Gasteiger partial charge in [0.15, 0.2) is 0 Å². The molecule has 1 heterocycles. The van der Waals surface area contributed by atoms with Gasteiger partial charge in [-0.2, -0.15) is 0 Å². The highest BCUT2D eigenvalue weighted by molar-refractivity contribution is 5.82. The van der Waals surface area contributed by atoms with Crippen molar-refractivity contribution in [1.29, 1.82) is 0 Å². The molecule has 0 radical (unpaired) electrons. The summed E-state index contributed by atoms with van der Waals surface area (Å²) in [6, 6.07) is 0. The maximum atomic E-state index is 11.8. The van der Waals surface area contributed by atoms with Gasteiger partial charge in [-0.3, -0.25) is 4.79 Å². The van der Waals surface area contributed by atoms with E-state index in [4.69, 9.17) is 0 Å². The monoisotopic (exact) mass is 206 g/mol. The van der Waals surface area contributed by atoms with Gasteiger partial charge in [0.25, 0.3) is 0 Å². The molecule has 0 aromatic rings. The van der Waals surface area contributed by atoms with Gasteiger partial charge in [-0.25, -0.2) is 0 Å². The van der Waals surface area contributed by atoms with Crippen molar-refractivity contribution in [1.82, 2.24) is 10.6 Å². The molecule has 15 heavy (non-hydrogen) atoms. The summed E-state index contributed by atoms with van der Waals surface area (Å²) in [6.45, 7) is 4.43. The van der Waals surface area contributed by atoms with Crippen LogP contribution in [0.25, 0.3) is 0 Å². The third-order valence-corrected chi connectivity index (χ3v) is 3.63. The molecule has 2 rings (SSSR count). The highest BCUT2D eigenvalue weighted by atomic mass is 16.2. The van der Waals surface area contributed by atoms with Crippen LogP contribution in [0, 0.1) is 23.2 Å². The SMILES string of the molecule is CC#CCNC(=O)C1CC12CCNCC2. The number of rotatable bonds is 2. The number of piperidine rings is 1. The van der Waals surface area contributed by atoms with Crippen LogP contribution in [0.5, 0.6) is 0 Å². The molecule has 1 saturated heterocycles. The largest absolute Gasteiger partial charge is 0.345 e. The molecule has 3 nitrogen and oxygen atoms in total. The van der Waals surface area contributed by atoms with Crippen molar-refractivity contribution >= 4 is 5.91 Å². The third-order valence-electron chi connectivity index (χ3n) is 3.63. The van der Waals surface area contributed by atoms with Crippen LogP contribution < -0.4 is 10.6 Å². The topological polar surface area (TPSA) is 41.1 Å². The molecular formula is C12H18N2O. The fourth-order valence-electron chi connectivity index (χ4n) is 2.54. The normalized spacial score (nSPS) is 26.6. The van der Waals surface area contributed by atoms with E-state index in [0.717, 1.165) is 32.4 Å². The van der Waals surface area contributed by atoms with E-state index >= 15 is 0 Å². The summed E-state index contributed by atoms with van der Waals surface area (Å²) in [4.78, 5) is 11.8. The molecule has 82 valence electrons. The minimum Gasteiger partial charge on any atom is -0.345 e. The van der Waals surface area contributed by atoms with Crippen LogP contribution in [-0.2, 0) is 4.79 Å². The van der Waals surface area contributed by atoms with E-state index in [1.54, 1.807) is 6.92 Å². The van der Waals surface area contributed by atoms with Gasteiger partial charge in [0.2, 0.25) is 5.91 Å². The molecule has 2 aliphatic rings. The van der Waals surface area contributed by atoms with Crippen LogP contribution in [0.2, 0.25) is 0 Å². The number of amides is 1. The van der Waals surface area contributed by atoms with E-state index < -0.39 is 0 Å². The maximum absolute atomic E-state index is 11.8. The Balaban J connectivity index is 1.80. The van der Waals surface area contributed by atoms with Crippen molar-refractivity contribution in [2.45, 2.75) is 26.2 Å². The zero-order valence-electron chi connectivity index (χ0n) is 9.23. The van der Waals surface area contributed by atoms with Crippen LogP contribution >= 0.6 is 0 Å². The van der Waals surface area contributed by atoms with Crippen molar-refractivity contribution < 1.29 is 4.79 Å². The molecule has 0 aromatic heterocycles. The van der Waals surface area contributed by atoms with Crippen LogP contribution in [0.15, 0.2) is 0 Å². The van der Waals surface area contributed by atoms with Crippen molar-refractivity contribution in [3.63, 3.8) is 0 Å². The number of hydrogen-bond acceptors (Lipinski definition) is 2. The average Bonchev–Trinajstić information content (AvgIpc) is 2.94. The highest BCUT2D eigenvalue weighted by Crippen LogP contribution is 2.58. The Labute approximate surface area is 91.0 Å². The molecule has 0 aromatic carbocycles. The van der Waals surface area contributed by atoms with Crippen LogP contribution in [0.1, 0.15) is 26.2 Å². The Kier molecular flexibility index (Phi) is 2.97. The standard InChI is InChI=1S/C12H18N2O/c1-2-3-6-14-11(15)10-9-12(10)4-7-13-8-5-12/h10,13H,4-9H2,1H3,(H,14,15). The number of carbonyl (C=O) groups is 1. The molecular weight excluding hydrogens is 188 g/mol. The summed E-state index contributed by atoms with van der Waals surface area (Å²) in [7, 11) is 0. The molecule has 1 aliphatic carbocycles. The lowest BCUT2D eigenvalue weighted by atomic mass is 9.92. The van der Waals surface area contributed by atoms with Crippen LogP contribution in [0.4, 0.5) is 0 Å². The lowest BCUT2D eigenvalue weighted by Crippen LogP contribution is -2.33. The average molecular weight is 206 g/mol. The van der Waals surface area contributed by atoms with Gasteiger partial charge < -0.3 is 10.6 Å². The first-order valence-electron chi connectivity index (χ1n) is 5.66. The summed E-state index contributed by atoms with van der Waals surface area (Å²) >= 11 is 0. The van der Waals surface area contributed by atoms with Crippen molar-refractivity contribution in [2.75, 3.05) is 19.6 Å².